The quantitative estimate of drug-likeness (QED) is 0.756. The van der Waals surface area contributed by atoms with Crippen LogP contribution in [0.2, 0.25) is 0 Å². The van der Waals surface area contributed by atoms with Gasteiger partial charge in [-0.15, -0.1) is 11.8 Å². The van der Waals surface area contributed by atoms with Crippen LogP contribution in [0.1, 0.15) is 44.1 Å². The van der Waals surface area contributed by atoms with Crippen molar-refractivity contribution >= 4 is 29.2 Å². The monoisotopic (exact) mass is 331 g/mol. The number of carbonyl (C=O) groups excluding carboxylic acids is 1. The molecule has 1 fully saturated rings. The number of hydrogen-bond donors (Lipinski definition) is 2. The van der Waals surface area contributed by atoms with Crippen LogP contribution in [-0.4, -0.2) is 16.4 Å². The number of aryl methyl sites for hydroxylation is 1. The standard InChI is InChI=1S/C17H21N3O2S/c1-10(2)23-14-7-5-4-6-13(14)18-17(21)19-15-11(3)20-22-16(15)12-8-9-12/h4-7,10,12H,8-9H2,1-3H3,(H2,18,19,21). The number of urea groups is 1. The lowest BCUT2D eigenvalue weighted by atomic mass is 10.2. The first-order valence-electron chi connectivity index (χ1n) is 7.84. The molecule has 1 aromatic carbocycles. The van der Waals surface area contributed by atoms with Crippen LogP contribution in [0.3, 0.4) is 0 Å². The van der Waals surface area contributed by atoms with Crippen molar-refractivity contribution in [2.24, 2.45) is 0 Å². The summed E-state index contributed by atoms with van der Waals surface area (Å²) in [7, 11) is 0. The van der Waals surface area contributed by atoms with Crippen molar-refractivity contribution in [3.05, 3.63) is 35.7 Å². The molecule has 23 heavy (non-hydrogen) atoms. The van der Waals surface area contributed by atoms with Gasteiger partial charge in [0.1, 0.15) is 11.4 Å². The highest BCUT2D eigenvalue weighted by Gasteiger charge is 2.32. The van der Waals surface area contributed by atoms with Crippen LogP contribution in [0.15, 0.2) is 33.7 Å². The second-order valence-corrected chi connectivity index (χ2v) is 7.64. The Morgan fingerprint density at radius 1 is 1.30 bits per heavy atom. The van der Waals surface area contributed by atoms with Crippen LogP contribution in [0.25, 0.3) is 0 Å². The first-order chi connectivity index (χ1) is 11.0. The number of carbonyl (C=O) groups is 1. The lowest BCUT2D eigenvalue weighted by molar-refractivity contribution is 0.262. The zero-order valence-corrected chi connectivity index (χ0v) is 14.4. The molecule has 1 aromatic heterocycles. The third kappa shape index (κ3) is 3.88. The fourth-order valence-electron chi connectivity index (χ4n) is 2.36. The van der Waals surface area contributed by atoms with E-state index in [1.165, 1.54) is 0 Å². The SMILES string of the molecule is Cc1noc(C2CC2)c1NC(=O)Nc1ccccc1SC(C)C. The number of hydrogen-bond acceptors (Lipinski definition) is 4. The zero-order valence-electron chi connectivity index (χ0n) is 13.6. The number of benzene rings is 1. The van der Waals surface area contributed by atoms with Crippen LogP contribution < -0.4 is 10.6 Å². The van der Waals surface area contributed by atoms with Gasteiger partial charge in [-0.25, -0.2) is 4.79 Å². The molecule has 0 unspecified atom stereocenters. The molecule has 5 nitrogen and oxygen atoms in total. The molecule has 0 spiro atoms. The fraction of sp³-hybridized carbons (Fsp3) is 0.412. The molecule has 3 rings (SSSR count). The Balaban J connectivity index is 1.72. The summed E-state index contributed by atoms with van der Waals surface area (Å²) in [4.78, 5) is 13.4. The number of thioether (sulfide) groups is 1. The Labute approximate surface area is 140 Å². The van der Waals surface area contributed by atoms with E-state index in [4.69, 9.17) is 4.52 Å². The molecule has 0 bridgehead atoms. The molecule has 1 heterocycles. The average Bonchev–Trinajstić information content (AvgIpc) is 3.27. The Morgan fingerprint density at radius 2 is 2.04 bits per heavy atom. The van der Waals surface area contributed by atoms with Gasteiger partial charge in [0, 0.05) is 16.1 Å². The van der Waals surface area contributed by atoms with Crippen LogP contribution in [0, 0.1) is 6.92 Å². The normalized spacial score (nSPS) is 14.1. The van der Waals surface area contributed by atoms with Gasteiger partial charge in [-0.2, -0.15) is 0 Å². The number of para-hydroxylation sites is 1. The summed E-state index contributed by atoms with van der Waals surface area (Å²) in [6.45, 7) is 6.10. The van der Waals surface area contributed by atoms with Crippen LogP contribution in [-0.2, 0) is 0 Å². The predicted octanol–water partition coefficient (Wildman–Crippen LogP) is 5.00. The molecule has 2 aromatic rings. The van der Waals surface area contributed by atoms with Crippen molar-refractivity contribution in [3.8, 4) is 0 Å². The first-order valence-corrected chi connectivity index (χ1v) is 8.72. The summed E-state index contributed by atoms with van der Waals surface area (Å²) in [6.07, 6.45) is 2.19. The molecule has 2 amide bonds. The molecule has 0 aliphatic heterocycles. The van der Waals surface area contributed by atoms with E-state index < -0.39 is 0 Å². The van der Waals surface area contributed by atoms with E-state index in [0.717, 1.165) is 29.2 Å². The second-order valence-electron chi connectivity index (χ2n) is 6.02. The molecular weight excluding hydrogens is 310 g/mol. The molecule has 6 heteroatoms. The summed E-state index contributed by atoms with van der Waals surface area (Å²) in [5.41, 5.74) is 2.23. The maximum Gasteiger partial charge on any atom is 0.323 e. The average molecular weight is 331 g/mol. The minimum atomic E-state index is -0.269. The molecule has 2 N–H and O–H groups in total. The Morgan fingerprint density at radius 3 is 2.74 bits per heavy atom. The molecule has 0 saturated heterocycles. The largest absolute Gasteiger partial charge is 0.359 e. The predicted molar refractivity (Wildman–Crippen MR) is 93.3 cm³/mol. The van der Waals surface area contributed by atoms with Crippen molar-refractivity contribution < 1.29 is 9.32 Å². The van der Waals surface area contributed by atoms with Gasteiger partial charge in [-0.1, -0.05) is 31.1 Å². The second kappa shape index (κ2) is 6.66. The highest BCUT2D eigenvalue weighted by Crippen LogP contribution is 2.44. The van der Waals surface area contributed by atoms with Gasteiger partial charge in [-0.3, -0.25) is 0 Å². The lowest BCUT2D eigenvalue weighted by Crippen LogP contribution is -2.20. The minimum absolute atomic E-state index is 0.269. The lowest BCUT2D eigenvalue weighted by Gasteiger charge is -2.13. The van der Waals surface area contributed by atoms with Crippen LogP contribution in [0.5, 0.6) is 0 Å². The molecule has 1 saturated carbocycles. The molecule has 122 valence electrons. The summed E-state index contributed by atoms with van der Waals surface area (Å²) >= 11 is 1.72. The Bertz CT molecular complexity index is 708. The zero-order chi connectivity index (χ0) is 16.4. The van der Waals surface area contributed by atoms with Gasteiger partial charge in [0.05, 0.1) is 5.69 Å². The maximum absolute atomic E-state index is 12.4. The number of nitrogens with one attached hydrogen (secondary N) is 2. The molecule has 0 atom stereocenters. The van der Waals surface area contributed by atoms with E-state index in [2.05, 4.69) is 29.6 Å². The maximum atomic E-state index is 12.4. The van der Waals surface area contributed by atoms with Gasteiger partial charge in [0.25, 0.3) is 0 Å². The van der Waals surface area contributed by atoms with Crippen molar-refractivity contribution in [1.82, 2.24) is 5.16 Å². The number of anilines is 2. The number of amides is 2. The summed E-state index contributed by atoms with van der Waals surface area (Å²) in [6, 6.07) is 7.55. The summed E-state index contributed by atoms with van der Waals surface area (Å²) in [5.74, 6) is 1.19. The number of nitrogens with zero attached hydrogens (tertiary/aromatic N) is 1. The summed E-state index contributed by atoms with van der Waals surface area (Å²) in [5, 5.41) is 10.2. The highest BCUT2D eigenvalue weighted by molar-refractivity contribution is 8.00. The third-order valence-electron chi connectivity index (χ3n) is 3.57. The third-order valence-corrected chi connectivity index (χ3v) is 4.66. The van der Waals surface area contributed by atoms with Crippen LogP contribution >= 0.6 is 11.8 Å². The number of aromatic nitrogens is 1. The molecular formula is C17H21N3O2S. The van der Waals surface area contributed by atoms with Gasteiger partial charge < -0.3 is 15.2 Å². The first kappa shape index (κ1) is 15.9. The van der Waals surface area contributed by atoms with Crippen molar-refractivity contribution in [1.29, 1.82) is 0 Å². The fourth-order valence-corrected chi connectivity index (χ4v) is 3.27. The van der Waals surface area contributed by atoms with Gasteiger partial charge >= 0.3 is 6.03 Å². The van der Waals surface area contributed by atoms with Crippen molar-refractivity contribution in [3.63, 3.8) is 0 Å². The minimum Gasteiger partial charge on any atom is -0.359 e. The van der Waals surface area contributed by atoms with Gasteiger partial charge in [0.2, 0.25) is 0 Å². The Hall–Kier alpha value is -1.95. The summed E-state index contributed by atoms with van der Waals surface area (Å²) < 4.78 is 5.35. The van der Waals surface area contributed by atoms with Gasteiger partial charge in [0.15, 0.2) is 5.76 Å². The van der Waals surface area contributed by atoms with E-state index in [1.807, 2.05) is 31.2 Å². The van der Waals surface area contributed by atoms with Crippen molar-refractivity contribution in [2.45, 2.75) is 49.7 Å². The van der Waals surface area contributed by atoms with E-state index >= 15 is 0 Å². The van der Waals surface area contributed by atoms with Crippen molar-refractivity contribution in [2.75, 3.05) is 10.6 Å². The van der Waals surface area contributed by atoms with E-state index in [9.17, 15) is 4.79 Å². The number of rotatable bonds is 5. The Kier molecular flexibility index (Phi) is 4.61. The molecule has 1 aliphatic carbocycles. The van der Waals surface area contributed by atoms with E-state index in [-0.39, 0.29) is 6.03 Å². The smallest absolute Gasteiger partial charge is 0.323 e. The molecule has 0 radical (unpaired) electrons. The highest BCUT2D eigenvalue weighted by atomic mass is 32.2. The van der Waals surface area contributed by atoms with E-state index in [1.54, 1.807) is 11.8 Å². The molecule has 1 aliphatic rings. The topological polar surface area (TPSA) is 67.2 Å². The van der Waals surface area contributed by atoms with E-state index in [0.29, 0.717) is 22.5 Å². The van der Waals surface area contributed by atoms with Gasteiger partial charge in [-0.05, 0) is 31.9 Å². The van der Waals surface area contributed by atoms with Crippen LogP contribution in [0.4, 0.5) is 16.2 Å².